The fraction of sp³-hybridized carbons (Fsp3) is 0.154. The summed E-state index contributed by atoms with van der Waals surface area (Å²) in [6.07, 6.45) is 0. The lowest BCUT2D eigenvalue weighted by Crippen LogP contribution is -2.10. The predicted molar refractivity (Wildman–Crippen MR) is 128 cm³/mol. The SMILES string of the molecule is C=C(C)C(=O)OCOc1ccc(-c2ccc(-c3ccc(OCOC(=O)C(=C)C)s3)cc2)cc1. The van der Waals surface area contributed by atoms with Crippen LogP contribution in [0.25, 0.3) is 21.6 Å². The highest BCUT2D eigenvalue weighted by atomic mass is 32.1. The van der Waals surface area contributed by atoms with Crippen molar-refractivity contribution in [1.82, 2.24) is 0 Å². The van der Waals surface area contributed by atoms with Gasteiger partial charge < -0.3 is 18.9 Å². The van der Waals surface area contributed by atoms with Gasteiger partial charge in [0.15, 0.2) is 5.06 Å². The van der Waals surface area contributed by atoms with Crippen LogP contribution < -0.4 is 9.47 Å². The van der Waals surface area contributed by atoms with Crippen molar-refractivity contribution >= 4 is 23.3 Å². The Morgan fingerprint density at radius 3 is 1.73 bits per heavy atom. The van der Waals surface area contributed by atoms with Gasteiger partial charge in [0, 0.05) is 16.0 Å². The van der Waals surface area contributed by atoms with E-state index in [9.17, 15) is 9.59 Å². The van der Waals surface area contributed by atoms with Gasteiger partial charge in [0.2, 0.25) is 13.6 Å². The molecule has 170 valence electrons. The molecular formula is C26H24O6S. The van der Waals surface area contributed by atoms with E-state index in [1.165, 1.54) is 11.3 Å². The molecule has 3 aromatic rings. The van der Waals surface area contributed by atoms with Crippen molar-refractivity contribution in [2.75, 3.05) is 13.6 Å². The van der Waals surface area contributed by atoms with Gasteiger partial charge in [-0.1, -0.05) is 60.9 Å². The fourth-order valence-electron chi connectivity index (χ4n) is 2.66. The lowest BCUT2D eigenvalue weighted by Gasteiger charge is -2.08. The first kappa shape index (κ1) is 23.8. The molecule has 0 aliphatic rings. The molecule has 0 N–H and O–H groups in total. The number of hydrogen-bond acceptors (Lipinski definition) is 7. The molecule has 2 aromatic carbocycles. The Morgan fingerprint density at radius 1 is 0.697 bits per heavy atom. The summed E-state index contributed by atoms with van der Waals surface area (Å²) in [6, 6.07) is 19.5. The molecule has 6 nitrogen and oxygen atoms in total. The summed E-state index contributed by atoms with van der Waals surface area (Å²) < 4.78 is 20.8. The maximum atomic E-state index is 11.4. The normalized spacial score (nSPS) is 10.2. The zero-order chi connectivity index (χ0) is 23.8. The van der Waals surface area contributed by atoms with Crippen LogP contribution >= 0.6 is 11.3 Å². The Kier molecular flexibility index (Phi) is 8.05. The van der Waals surface area contributed by atoms with Crippen molar-refractivity contribution in [3.8, 4) is 32.4 Å². The maximum Gasteiger partial charge on any atom is 0.335 e. The summed E-state index contributed by atoms with van der Waals surface area (Å²) in [6.45, 7) is 9.90. The Hall–Kier alpha value is -3.84. The molecule has 7 heteroatoms. The third-order valence-electron chi connectivity index (χ3n) is 4.44. The van der Waals surface area contributed by atoms with Gasteiger partial charge in [0.1, 0.15) is 5.75 Å². The molecule has 3 rings (SSSR count). The van der Waals surface area contributed by atoms with Crippen molar-refractivity contribution in [2.45, 2.75) is 13.8 Å². The first-order chi connectivity index (χ1) is 15.8. The fourth-order valence-corrected chi connectivity index (χ4v) is 3.51. The van der Waals surface area contributed by atoms with Crippen molar-refractivity contribution in [3.63, 3.8) is 0 Å². The van der Waals surface area contributed by atoms with E-state index >= 15 is 0 Å². The van der Waals surface area contributed by atoms with E-state index in [-0.39, 0.29) is 13.6 Å². The van der Waals surface area contributed by atoms with Crippen molar-refractivity contribution in [1.29, 1.82) is 0 Å². The topological polar surface area (TPSA) is 71.1 Å². The van der Waals surface area contributed by atoms with E-state index in [4.69, 9.17) is 18.9 Å². The molecule has 0 radical (unpaired) electrons. The van der Waals surface area contributed by atoms with E-state index in [2.05, 4.69) is 13.2 Å². The van der Waals surface area contributed by atoms with Gasteiger partial charge in [0.05, 0.1) is 0 Å². The van der Waals surface area contributed by atoms with Crippen LogP contribution in [0.4, 0.5) is 0 Å². The average molecular weight is 465 g/mol. The first-order valence-corrected chi connectivity index (χ1v) is 10.9. The molecule has 0 aliphatic heterocycles. The molecule has 0 bridgehead atoms. The van der Waals surface area contributed by atoms with Gasteiger partial charge in [-0.25, -0.2) is 9.59 Å². The molecule has 0 amide bonds. The summed E-state index contributed by atoms with van der Waals surface area (Å²) in [5.41, 5.74) is 3.79. The largest absolute Gasteiger partial charge is 0.457 e. The Morgan fingerprint density at radius 2 is 1.18 bits per heavy atom. The van der Waals surface area contributed by atoms with Gasteiger partial charge in [-0.15, -0.1) is 0 Å². The number of esters is 2. The van der Waals surface area contributed by atoms with Crippen LogP contribution in [0.5, 0.6) is 10.8 Å². The summed E-state index contributed by atoms with van der Waals surface area (Å²) >= 11 is 1.47. The number of ether oxygens (including phenoxy) is 4. The van der Waals surface area contributed by atoms with E-state index in [0.717, 1.165) is 21.6 Å². The second kappa shape index (κ2) is 11.2. The van der Waals surface area contributed by atoms with Crippen LogP contribution in [0, 0.1) is 0 Å². The van der Waals surface area contributed by atoms with Gasteiger partial charge in [-0.3, -0.25) is 0 Å². The number of benzene rings is 2. The molecule has 0 aliphatic carbocycles. The summed E-state index contributed by atoms with van der Waals surface area (Å²) in [5, 5.41) is 0.660. The molecule has 1 heterocycles. The van der Waals surface area contributed by atoms with Crippen LogP contribution in [0.2, 0.25) is 0 Å². The van der Waals surface area contributed by atoms with E-state index in [0.29, 0.717) is 22.0 Å². The highest BCUT2D eigenvalue weighted by Gasteiger charge is 2.08. The quantitative estimate of drug-likeness (QED) is 0.208. The van der Waals surface area contributed by atoms with Crippen LogP contribution in [-0.4, -0.2) is 25.5 Å². The maximum absolute atomic E-state index is 11.4. The summed E-state index contributed by atoms with van der Waals surface area (Å²) in [5.74, 6) is -0.361. The minimum Gasteiger partial charge on any atom is -0.457 e. The number of rotatable bonds is 10. The standard InChI is InChI=1S/C26H24O6S/c1-17(2)25(27)31-15-29-22-11-9-20(10-12-22)19-5-7-21(8-6-19)23-13-14-24(33-23)30-16-32-26(28)18(3)4/h5-14H,1,3,15-16H2,2,4H3. The molecule has 0 unspecified atom stereocenters. The third kappa shape index (κ3) is 6.82. The van der Waals surface area contributed by atoms with E-state index in [1.54, 1.807) is 13.8 Å². The van der Waals surface area contributed by atoms with E-state index in [1.807, 2.05) is 60.7 Å². The number of carbonyl (C=O) groups is 2. The average Bonchev–Trinajstić information content (AvgIpc) is 3.28. The van der Waals surface area contributed by atoms with Gasteiger partial charge in [-0.2, -0.15) is 0 Å². The summed E-state index contributed by atoms with van der Waals surface area (Å²) in [4.78, 5) is 23.8. The minimum atomic E-state index is -0.484. The third-order valence-corrected chi connectivity index (χ3v) is 5.49. The number of thiophene rings is 1. The number of hydrogen-bond donors (Lipinski definition) is 0. The monoisotopic (exact) mass is 464 g/mol. The molecule has 0 saturated heterocycles. The smallest absolute Gasteiger partial charge is 0.335 e. The lowest BCUT2D eigenvalue weighted by atomic mass is 10.0. The second-order valence-corrected chi connectivity index (χ2v) is 8.22. The van der Waals surface area contributed by atoms with Crippen LogP contribution in [0.3, 0.4) is 0 Å². The van der Waals surface area contributed by atoms with Gasteiger partial charge in [-0.05, 0) is 54.8 Å². The van der Waals surface area contributed by atoms with Crippen molar-refractivity contribution < 1.29 is 28.5 Å². The Bertz CT molecular complexity index is 1140. The van der Waals surface area contributed by atoms with Crippen LogP contribution in [0.15, 0.2) is 85.0 Å². The Balaban J connectivity index is 1.55. The van der Waals surface area contributed by atoms with Gasteiger partial charge in [0.25, 0.3) is 0 Å². The highest BCUT2D eigenvalue weighted by molar-refractivity contribution is 7.17. The first-order valence-electron chi connectivity index (χ1n) is 10.0. The zero-order valence-corrected chi connectivity index (χ0v) is 19.3. The molecular weight excluding hydrogens is 440 g/mol. The zero-order valence-electron chi connectivity index (χ0n) is 18.5. The molecule has 33 heavy (non-hydrogen) atoms. The van der Waals surface area contributed by atoms with Crippen molar-refractivity contribution in [3.05, 3.63) is 85.0 Å². The predicted octanol–water partition coefficient (Wildman–Crippen LogP) is 5.99. The molecule has 0 saturated carbocycles. The van der Waals surface area contributed by atoms with Crippen LogP contribution in [0.1, 0.15) is 13.8 Å². The molecule has 0 spiro atoms. The molecule has 0 atom stereocenters. The molecule has 1 aromatic heterocycles. The van der Waals surface area contributed by atoms with Crippen molar-refractivity contribution in [2.24, 2.45) is 0 Å². The number of carbonyl (C=O) groups excluding carboxylic acids is 2. The highest BCUT2D eigenvalue weighted by Crippen LogP contribution is 2.34. The van der Waals surface area contributed by atoms with Gasteiger partial charge >= 0.3 is 11.9 Å². The van der Waals surface area contributed by atoms with Crippen LogP contribution in [-0.2, 0) is 19.1 Å². The lowest BCUT2D eigenvalue weighted by molar-refractivity contribution is -0.146. The minimum absolute atomic E-state index is 0.152. The summed E-state index contributed by atoms with van der Waals surface area (Å²) in [7, 11) is 0. The Labute approximate surface area is 196 Å². The van der Waals surface area contributed by atoms with E-state index < -0.39 is 11.9 Å². The second-order valence-electron chi connectivity index (χ2n) is 7.17. The molecule has 0 fully saturated rings.